The van der Waals surface area contributed by atoms with Gasteiger partial charge in [0.25, 0.3) is 0 Å². The van der Waals surface area contributed by atoms with E-state index in [9.17, 15) is 13.2 Å². The van der Waals surface area contributed by atoms with Crippen LogP contribution in [0.1, 0.15) is 44.2 Å². The molecule has 2 nitrogen and oxygen atoms in total. The summed E-state index contributed by atoms with van der Waals surface area (Å²) in [6.45, 7) is 4.95. The minimum absolute atomic E-state index is 0.336. The van der Waals surface area contributed by atoms with Gasteiger partial charge in [0.15, 0.2) is 0 Å². The zero-order valence-electron chi connectivity index (χ0n) is 12.5. The monoisotopic (exact) mass is 301 g/mol. The van der Waals surface area contributed by atoms with Crippen molar-refractivity contribution in [1.29, 1.82) is 0 Å². The second-order valence-corrected chi connectivity index (χ2v) is 6.43. The summed E-state index contributed by atoms with van der Waals surface area (Å²) in [7, 11) is 0. The SMILES string of the molecule is CC1(C)C[C@](CCN)(c2cccc(C(F)(F)F)c2)CCO1. The Balaban J connectivity index is 2.43. The summed E-state index contributed by atoms with van der Waals surface area (Å²) in [5, 5.41) is 0. The Morgan fingerprint density at radius 2 is 2.00 bits per heavy atom. The maximum Gasteiger partial charge on any atom is 0.416 e. The molecule has 1 aromatic carbocycles. The van der Waals surface area contributed by atoms with Gasteiger partial charge in [0, 0.05) is 12.0 Å². The first kappa shape index (κ1) is 16.3. The molecule has 0 bridgehead atoms. The summed E-state index contributed by atoms with van der Waals surface area (Å²) in [5.41, 5.74) is 5.17. The van der Waals surface area contributed by atoms with Gasteiger partial charge in [0.05, 0.1) is 11.2 Å². The lowest BCUT2D eigenvalue weighted by atomic mass is 9.67. The van der Waals surface area contributed by atoms with Crippen LogP contribution in [0.5, 0.6) is 0 Å². The molecule has 0 saturated carbocycles. The third-order valence-corrected chi connectivity index (χ3v) is 4.26. The lowest BCUT2D eigenvalue weighted by Crippen LogP contribution is -2.45. The Kier molecular flexibility index (Phi) is 4.36. The predicted octanol–water partition coefficient (Wildman–Crippen LogP) is 3.88. The number of rotatable bonds is 3. The van der Waals surface area contributed by atoms with Crippen molar-refractivity contribution in [2.24, 2.45) is 5.73 Å². The highest BCUT2D eigenvalue weighted by Gasteiger charge is 2.42. The number of hydrogen-bond donors (Lipinski definition) is 1. The van der Waals surface area contributed by atoms with Crippen LogP contribution in [0.3, 0.4) is 0 Å². The Bertz CT molecular complexity index is 495. The molecule has 2 N–H and O–H groups in total. The fraction of sp³-hybridized carbons (Fsp3) is 0.625. The minimum Gasteiger partial charge on any atom is -0.376 e. The Morgan fingerprint density at radius 1 is 1.29 bits per heavy atom. The molecule has 0 amide bonds. The van der Waals surface area contributed by atoms with Crippen molar-refractivity contribution in [1.82, 2.24) is 0 Å². The minimum atomic E-state index is -4.32. The highest BCUT2D eigenvalue weighted by atomic mass is 19.4. The molecule has 1 heterocycles. The molecule has 1 aromatic rings. The van der Waals surface area contributed by atoms with Crippen molar-refractivity contribution >= 4 is 0 Å². The van der Waals surface area contributed by atoms with Gasteiger partial charge in [-0.05, 0) is 51.3 Å². The van der Waals surface area contributed by atoms with Crippen LogP contribution in [0.4, 0.5) is 13.2 Å². The number of halogens is 3. The zero-order chi connectivity index (χ0) is 15.7. The van der Waals surface area contributed by atoms with Crippen LogP contribution in [0.25, 0.3) is 0 Å². The molecule has 0 radical (unpaired) electrons. The lowest BCUT2D eigenvalue weighted by Gasteiger charge is -2.45. The van der Waals surface area contributed by atoms with Gasteiger partial charge in [-0.25, -0.2) is 0 Å². The van der Waals surface area contributed by atoms with E-state index in [-0.39, 0.29) is 11.0 Å². The number of benzene rings is 1. The molecule has 118 valence electrons. The van der Waals surface area contributed by atoms with Gasteiger partial charge in [-0.2, -0.15) is 13.2 Å². The number of nitrogens with two attached hydrogens (primary N) is 1. The van der Waals surface area contributed by atoms with Crippen LogP contribution in [-0.4, -0.2) is 18.8 Å². The molecule has 1 atom stereocenters. The van der Waals surface area contributed by atoms with E-state index in [0.717, 1.165) is 11.6 Å². The maximum absolute atomic E-state index is 12.9. The van der Waals surface area contributed by atoms with Crippen LogP contribution in [-0.2, 0) is 16.3 Å². The van der Waals surface area contributed by atoms with Crippen molar-refractivity contribution in [3.05, 3.63) is 35.4 Å². The van der Waals surface area contributed by atoms with Crippen LogP contribution in [0.2, 0.25) is 0 Å². The van der Waals surface area contributed by atoms with Gasteiger partial charge in [0.2, 0.25) is 0 Å². The topological polar surface area (TPSA) is 35.2 Å². The third kappa shape index (κ3) is 3.58. The molecule has 0 spiro atoms. The van der Waals surface area contributed by atoms with E-state index in [1.807, 2.05) is 13.8 Å². The van der Waals surface area contributed by atoms with E-state index in [4.69, 9.17) is 10.5 Å². The molecule has 0 unspecified atom stereocenters. The standard InChI is InChI=1S/C16H22F3NO/c1-14(2)11-15(6-8-20,7-9-21-14)12-4-3-5-13(10-12)16(17,18)19/h3-5,10H,6-9,11,20H2,1-2H3/t15-/m1/s1. The average molecular weight is 301 g/mol. The van der Waals surface area contributed by atoms with Gasteiger partial charge in [-0.15, -0.1) is 0 Å². The molecule has 2 rings (SSSR count). The number of ether oxygens (including phenoxy) is 1. The van der Waals surface area contributed by atoms with E-state index < -0.39 is 11.7 Å². The summed E-state index contributed by atoms with van der Waals surface area (Å²) in [4.78, 5) is 0. The Morgan fingerprint density at radius 3 is 2.57 bits per heavy atom. The van der Waals surface area contributed by atoms with Crippen LogP contribution < -0.4 is 5.73 Å². The molecule has 1 aliphatic heterocycles. The van der Waals surface area contributed by atoms with Crippen LogP contribution in [0, 0.1) is 0 Å². The second-order valence-electron chi connectivity index (χ2n) is 6.43. The van der Waals surface area contributed by atoms with Crippen molar-refractivity contribution in [3.63, 3.8) is 0 Å². The van der Waals surface area contributed by atoms with Gasteiger partial charge in [-0.3, -0.25) is 0 Å². The van der Waals surface area contributed by atoms with E-state index in [0.29, 0.717) is 32.4 Å². The predicted molar refractivity (Wildman–Crippen MR) is 76.1 cm³/mol. The fourth-order valence-corrected chi connectivity index (χ4v) is 3.38. The molecule has 1 aliphatic rings. The molecule has 0 aliphatic carbocycles. The highest BCUT2D eigenvalue weighted by Crippen LogP contribution is 2.44. The highest BCUT2D eigenvalue weighted by molar-refractivity contribution is 5.33. The van der Waals surface area contributed by atoms with Crippen molar-refractivity contribution < 1.29 is 17.9 Å². The van der Waals surface area contributed by atoms with Gasteiger partial charge in [0.1, 0.15) is 0 Å². The van der Waals surface area contributed by atoms with Crippen LogP contribution in [0.15, 0.2) is 24.3 Å². The Labute approximate surface area is 123 Å². The van der Waals surface area contributed by atoms with E-state index >= 15 is 0 Å². The van der Waals surface area contributed by atoms with Crippen molar-refractivity contribution in [3.8, 4) is 0 Å². The van der Waals surface area contributed by atoms with E-state index in [1.54, 1.807) is 6.07 Å². The van der Waals surface area contributed by atoms with Gasteiger partial charge >= 0.3 is 6.18 Å². The molecule has 0 aromatic heterocycles. The lowest BCUT2D eigenvalue weighted by molar-refractivity contribution is -0.137. The maximum atomic E-state index is 12.9. The normalized spacial score (nSPS) is 25.8. The average Bonchev–Trinajstić information content (AvgIpc) is 2.37. The first-order chi connectivity index (χ1) is 9.69. The van der Waals surface area contributed by atoms with E-state index in [2.05, 4.69) is 0 Å². The van der Waals surface area contributed by atoms with Crippen LogP contribution >= 0.6 is 0 Å². The number of alkyl halides is 3. The summed E-state index contributed by atoms with van der Waals surface area (Å²) in [5.74, 6) is 0. The molecular formula is C16H22F3NO. The quantitative estimate of drug-likeness (QED) is 0.919. The molecule has 21 heavy (non-hydrogen) atoms. The first-order valence-corrected chi connectivity index (χ1v) is 7.20. The molecule has 1 fully saturated rings. The summed E-state index contributed by atoms with van der Waals surface area (Å²) in [6, 6.07) is 5.66. The smallest absolute Gasteiger partial charge is 0.376 e. The fourth-order valence-electron chi connectivity index (χ4n) is 3.38. The largest absolute Gasteiger partial charge is 0.416 e. The molecular weight excluding hydrogens is 279 g/mol. The Hall–Kier alpha value is -1.07. The van der Waals surface area contributed by atoms with Crippen molar-refractivity contribution in [2.45, 2.75) is 50.3 Å². The third-order valence-electron chi connectivity index (χ3n) is 4.26. The van der Waals surface area contributed by atoms with Gasteiger partial charge < -0.3 is 10.5 Å². The summed E-state index contributed by atoms with van der Waals surface area (Å²) < 4.78 is 44.6. The van der Waals surface area contributed by atoms with E-state index in [1.165, 1.54) is 12.1 Å². The second kappa shape index (κ2) is 5.61. The first-order valence-electron chi connectivity index (χ1n) is 7.20. The molecule has 1 saturated heterocycles. The zero-order valence-corrected chi connectivity index (χ0v) is 12.5. The summed E-state index contributed by atoms with van der Waals surface area (Å²) >= 11 is 0. The van der Waals surface area contributed by atoms with Crippen molar-refractivity contribution in [2.75, 3.05) is 13.2 Å². The number of hydrogen-bond acceptors (Lipinski definition) is 2. The summed E-state index contributed by atoms with van der Waals surface area (Å²) in [6.07, 6.45) is -2.27. The van der Waals surface area contributed by atoms with Gasteiger partial charge in [-0.1, -0.05) is 18.2 Å². The molecule has 5 heteroatoms.